The van der Waals surface area contributed by atoms with Gasteiger partial charge in [0.15, 0.2) is 0 Å². The summed E-state index contributed by atoms with van der Waals surface area (Å²) in [7, 11) is 0.811. The molecule has 0 spiro atoms. The van der Waals surface area contributed by atoms with Gasteiger partial charge in [-0.1, -0.05) is 6.07 Å². The molecule has 2 aromatic rings. The zero-order valence-electron chi connectivity index (χ0n) is 18.6. The number of fused-ring (bicyclic) bond motifs is 1. The van der Waals surface area contributed by atoms with Crippen molar-refractivity contribution in [3.63, 3.8) is 0 Å². The number of hydrogen-bond acceptors (Lipinski definition) is 6. The number of nitrogens with zero attached hydrogens (tertiary/aromatic N) is 3. The molecular weight excluding hydrogens is 389 g/mol. The molecule has 1 saturated heterocycles. The molecule has 0 saturated carbocycles. The van der Waals surface area contributed by atoms with Crippen LogP contribution in [0.25, 0.3) is 11.0 Å². The van der Waals surface area contributed by atoms with Crippen molar-refractivity contribution >= 4 is 41.7 Å². The highest BCUT2D eigenvalue weighted by Crippen LogP contribution is 2.36. The normalized spacial score (nSPS) is 17.9. The average molecular weight is 417 g/mol. The van der Waals surface area contributed by atoms with Crippen LogP contribution in [0.1, 0.15) is 48.5 Å². The molecule has 162 valence electrons. The van der Waals surface area contributed by atoms with Crippen LogP contribution in [0.4, 0.5) is 15.5 Å². The van der Waals surface area contributed by atoms with Crippen molar-refractivity contribution in [2.24, 2.45) is 0 Å². The summed E-state index contributed by atoms with van der Waals surface area (Å²) >= 11 is 0. The van der Waals surface area contributed by atoms with Gasteiger partial charge in [-0.3, -0.25) is 0 Å². The molecule has 0 unspecified atom stereocenters. The number of hydrogen-bond donors (Lipinski definition) is 1. The third-order valence-electron chi connectivity index (χ3n) is 5.34. The molecule has 1 aromatic carbocycles. The van der Waals surface area contributed by atoms with E-state index in [4.69, 9.17) is 14.0 Å². The van der Waals surface area contributed by atoms with Crippen LogP contribution in [0.2, 0.25) is 0 Å². The molecule has 1 fully saturated rings. The Morgan fingerprint density at radius 2 is 1.73 bits per heavy atom. The Balaban J connectivity index is 2.02. The van der Waals surface area contributed by atoms with Crippen LogP contribution in [-0.4, -0.2) is 57.8 Å². The van der Waals surface area contributed by atoms with Gasteiger partial charge in [-0.15, -0.1) is 0 Å². The first-order chi connectivity index (χ1) is 13.6. The van der Waals surface area contributed by atoms with Crippen LogP contribution in [0.15, 0.2) is 18.2 Å². The zero-order chi connectivity index (χ0) is 22.6. The molecule has 30 heavy (non-hydrogen) atoms. The second kappa shape index (κ2) is 6.99. The Morgan fingerprint density at radius 1 is 1.17 bits per heavy atom. The first kappa shape index (κ1) is 22.1. The third kappa shape index (κ3) is 3.89. The summed E-state index contributed by atoms with van der Waals surface area (Å²) in [5.74, 6) is -0.0576. The van der Waals surface area contributed by atoms with E-state index in [1.807, 2.05) is 27.7 Å². The molecule has 0 radical (unpaired) electrons. The minimum absolute atomic E-state index is 0.0576. The largest absolute Gasteiger partial charge is 0.494 e. The van der Waals surface area contributed by atoms with Gasteiger partial charge >= 0.3 is 19.3 Å². The van der Waals surface area contributed by atoms with Crippen LogP contribution >= 0.6 is 0 Å². The number of imidazole rings is 1. The first-order valence-electron chi connectivity index (χ1n) is 9.71. The predicted molar refractivity (Wildman–Crippen MR) is 114 cm³/mol. The average Bonchev–Trinajstić information content (AvgIpc) is 3.06. The number of rotatable bonds is 2. The molecule has 1 aromatic heterocycles. The fourth-order valence-electron chi connectivity index (χ4n) is 3.04. The summed E-state index contributed by atoms with van der Waals surface area (Å²) in [5, 5.41) is 9.73. The molecule has 1 amide bonds. The van der Waals surface area contributed by atoms with E-state index in [9.17, 15) is 14.7 Å². The summed E-state index contributed by atoms with van der Waals surface area (Å²) in [5.41, 5.74) is -0.287. The maximum atomic E-state index is 12.4. The van der Waals surface area contributed by atoms with E-state index in [0.29, 0.717) is 16.5 Å². The molecule has 0 atom stereocenters. The van der Waals surface area contributed by atoms with E-state index in [1.54, 1.807) is 39.0 Å². The van der Waals surface area contributed by atoms with E-state index in [1.165, 1.54) is 7.05 Å². The van der Waals surface area contributed by atoms with Gasteiger partial charge in [0.2, 0.25) is 5.95 Å². The number of ether oxygens (including phenoxy) is 1. The molecule has 0 aliphatic carbocycles. The quantitative estimate of drug-likeness (QED) is 0.749. The van der Waals surface area contributed by atoms with Crippen LogP contribution in [0.5, 0.6) is 0 Å². The predicted octanol–water partition coefficient (Wildman–Crippen LogP) is 3.23. The number of carbonyl (C=O) groups excluding carboxylic acids is 1. The number of amides is 1. The molecule has 1 aliphatic rings. The Labute approximate surface area is 176 Å². The van der Waals surface area contributed by atoms with Crippen molar-refractivity contribution in [3.8, 4) is 0 Å². The van der Waals surface area contributed by atoms with Gasteiger partial charge in [-0.05, 0) is 66.1 Å². The highest BCUT2D eigenvalue weighted by molar-refractivity contribution is 6.62. The highest BCUT2D eigenvalue weighted by Gasteiger charge is 2.51. The standard InChI is InChI=1S/C20H28BN3O6/c1-18(2,3)28-17(27)23(8)15-22-13-11-12(9-10-14(13)24(15)16(25)26)21-29-19(4,5)20(6,7)30-21/h9-11H,1-8H3,(H,25,26). The second-order valence-electron chi connectivity index (χ2n) is 9.41. The molecular formula is C20H28BN3O6. The van der Waals surface area contributed by atoms with Crippen molar-refractivity contribution in [1.29, 1.82) is 0 Å². The Hall–Kier alpha value is -2.59. The second-order valence-corrected chi connectivity index (χ2v) is 9.41. The summed E-state index contributed by atoms with van der Waals surface area (Å²) in [6.45, 7) is 13.0. The third-order valence-corrected chi connectivity index (χ3v) is 5.34. The van der Waals surface area contributed by atoms with Crippen LogP contribution in [0.3, 0.4) is 0 Å². The maximum Gasteiger partial charge on any atom is 0.494 e. The number of aromatic nitrogens is 2. The van der Waals surface area contributed by atoms with Crippen molar-refractivity contribution in [1.82, 2.24) is 9.55 Å². The SMILES string of the molecule is CN(C(=O)OC(C)(C)C)c1nc2cc(B3OC(C)(C)C(C)(C)O3)ccc2n1C(=O)O. The lowest BCUT2D eigenvalue weighted by Gasteiger charge is -2.32. The topological polar surface area (TPSA) is 103 Å². The summed E-state index contributed by atoms with van der Waals surface area (Å²) in [4.78, 5) is 29.8. The smallest absolute Gasteiger partial charge is 0.464 e. The molecule has 1 N–H and O–H groups in total. The van der Waals surface area contributed by atoms with Crippen molar-refractivity contribution in [2.45, 2.75) is 65.3 Å². The van der Waals surface area contributed by atoms with Crippen molar-refractivity contribution < 1.29 is 28.7 Å². The number of benzene rings is 1. The maximum absolute atomic E-state index is 12.4. The molecule has 3 rings (SSSR count). The van der Waals surface area contributed by atoms with E-state index in [0.717, 1.165) is 9.47 Å². The first-order valence-corrected chi connectivity index (χ1v) is 9.71. The lowest BCUT2D eigenvalue weighted by Crippen LogP contribution is -2.41. The Morgan fingerprint density at radius 3 is 2.23 bits per heavy atom. The molecule has 1 aliphatic heterocycles. The van der Waals surface area contributed by atoms with Crippen molar-refractivity contribution in [3.05, 3.63) is 18.2 Å². The Bertz CT molecular complexity index is 992. The minimum atomic E-state index is -1.26. The van der Waals surface area contributed by atoms with Crippen molar-refractivity contribution in [2.75, 3.05) is 11.9 Å². The summed E-state index contributed by atoms with van der Waals surface area (Å²) in [6.07, 6.45) is -1.96. The number of carbonyl (C=O) groups is 2. The molecule has 9 nitrogen and oxygen atoms in total. The van der Waals surface area contributed by atoms with Gasteiger partial charge in [-0.2, -0.15) is 0 Å². The Kier molecular flexibility index (Phi) is 5.15. The van der Waals surface area contributed by atoms with E-state index < -0.39 is 36.1 Å². The van der Waals surface area contributed by atoms with Gasteiger partial charge < -0.3 is 19.2 Å². The molecule has 10 heteroatoms. The lowest BCUT2D eigenvalue weighted by molar-refractivity contribution is 0.00578. The van der Waals surface area contributed by atoms with Gasteiger partial charge in [0.25, 0.3) is 0 Å². The van der Waals surface area contributed by atoms with Gasteiger partial charge in [-0.25, -0.2) is 24.0 Å². The van der Waals surface area contributed by atoms with Crippen LogP contribution in [-0.2, 0) is 14.0 Å². The van der Waals surface area contributed by atoms with E-state index in [-0.39, 0.29) is 5.95 Å². The summed E-state index contributed by atoms with van der Waals surface area (Å²) < 4.78 is 18.4. The molecule has 2 heterocycles. The molecule has 0 bridgehead atoms. The lowest BCUT2D eigenvalue weighted by atomic mass is 9.79. The number of carboxylic acid groups (broad SMARTS) is 1. The van der Waals surface area contributed by atoms with Gasteiger partial charge in [0.1, 0.15) is 5.60 Å². The highest BCUT2D eigenvalue weighted by atomic mass is 16.7. The monoisotopic (exact) mass is 417 g/mol. The van der Waals surface area contributed by atoms with E-state index >= 15 is 0 Å². The minimum Gasteiger partial charge on any atom is -0.464 e. The van der Waals surface area contributed by atoms with Crippen LogP contribution in [0, 0.1) is 0 Å². The van der Waals surface area contributed by atoms with E-state index in [2.05, 4.69) is 4.98 Å². The zero-order valence-corrected chi connectivity index (χ0v) is 18.6. The van der Waals surface area contributed by atoms with Gasteiger partial charge in [0.05, 0.1) is 22.2 Å². The van der Waals surface area contributed by atoms with Gasteiger partial charge in [0, 0.05) is 7.05 Å². The summed E-state index contributed by atoms with van der Waals surface area (Å²) in [6, 6.07) is 5.08. The fourth-order valence-corrected chi connectivity index (χ4v) is 3.04. The van der Waals surface area contributed by atoms with Crippen LogP contribution < -0.4 is 10.4 Å². The number of anilines is 1. The fraction of sp³-hybridized carbons (Fsp3) is 0.550.